The maximum atomic E-state index is 13.5. The number of nitrogens with zero attached hydrogens (tertiary/aromatic N) is 5. The van der Waals surface area contributed by atoms with Gasteiger partial charge in [0, 0.05) is 76.6 Å². The summed E-state index contributed by atoms with van der Waals surface area (Å²) >= 11 is 0. The van der Waals surface area contributed by atoms with Crippen molar-refractivity contribution in [3.63, 3.8) is 0 Å². The van der Waals surface area contributed by atoms with E-state index in [4.69, 9.17) is 14.2 Å². The van der Waals surface area contributed by atoms with Gasteiger partial charge in [0.25, 0.3) is 11.4 Å². The third-order valence-corrected chi connectivity index (χ3v) is 13.2. The quantitative estimate of drug-likeness (QED) is 0.122. The van der Waals surface area contributed by atoms with E-state index < -0.39 is 41.6 Å². The molecule has 2 aliphatic heterocycles. The first-order valence-electron chi connectivity index (χ1n) is 19.3. The molecular formula is C41H51ClN6O12S2. The minimum atomic E-state index is -4.15. The molecule has 1 N–H and O–H groups in total. The summed E-state index contributed by atoms with van der Waals surface area (Å²) in [6, 6.07) is 18.2. The van der Waals surface area contributed by atoms with Gasteiger partial charge in [-0.05, 0) is 107 Å². The summed E-state index contributed by atoms with van der Waals surface area (Å²) in [5.74, 6) is 0.977. The van der Waals surface area contributed by atoms with Crippen LogP contribution in [0.2, 0.25) is 0 Å². The highest BCUT2D eigenvalue weighted by Gasteiger charge is 2.35. The molecule has 1 amide bonds. The van der Waals surface area contributed by atoms with Crippen LogP contribution in [-0.4, -0.2) is 104 Å². The number of carbonyl (C=O) groups excluding carboxylic acids is 1. The molecule has 0 bridgehead atoms. The molecule has 336 valence electrons. The number of nitro benzene ring substituents is 2. The van der Waals surface area contributed by atoms with Crippen LogP contribution in [0.25, 0.3) is 0 Å². The lowest BCUT2D eigenvalue weighted by atomic mass is 10.1. The molecule has 0 radical (unpaired) electrons. The van der Waals surface area contributed by atoms with E-state index in [0.29, 0.717) is 37.7 Å². The lowest BCUT2D eigenvalue weighted by Gasteiger charge is -2.35. The molecule has 2 aliphatic rings. The second-order valence-electron chi connectivity index (χ2n) is 15.7. The molecule has 2 saturated heterocycles. The van der Waals surface area contributed by atoms with Gasteiger partial charge in [0.05, 0.1) is 9.85 Å². The number of nitro groups is 2. The third-order valence-electron chi connectivity index (χ3n) is 9.32. The molecule has 0 saturated carbocycles. The summed E-state index contributed by atoms with van der Waals surface area (Å²) in [4.78, 5) is 34.5. The second kappa shape index (κ2) is 20.2. The summed E-state index contributed by atoms with van der Waals surface area (Å²) in [6.45, 7) is 14.8. The Morgan fingerprint density at radius 1 is 0.613 bits per heavy atom. The predicted octanol–water partition coefficient (Wildman–Crippen LogP) is 7.26. The zero-order valence-electron chi connectivity index (χ0n) is 35.4. The second-order valence-corrected chi connectivity index (χ2v) is 19.5. The van der Waals surface area contributed by atoms with E-state index in [9.17, 15) is 41.9 Å². The smallest absolute Gasteiger partial charge is 0.410 e. The normalized spacial score (nSPS) is 15.0. The van der Waals surface area contributed by atoms with Gasteiger partial charge in [0.1, 0.15) is 38.4 Å². The van der Waals surface area contributed by atoms with Crippen molar-refractivity contribution in [3.8, 4) is 23.0 Å². The number of non-ortho nitro benzene ring substituents is 2. The number of aryl methyl sites for hydroxylation is 4. The first-order valence-corrected chi connectivity index (χ1v) is 22.2. The Balaban J connectivity index is 0.000000275. The molecule has 2 heterocycles. The highest BCUT2D eigenvalue weighted by molar-refractivity contribution is 7.89. The molecule has 4 aromatic rings. The number of benzene rings is 4. The highest BCUT2D eigenvalue weighted by Crippen LogP contribution is 2.36. The van der Waals surface area contributed by atoms with Crippen LogP contribution in [0.3, 0.4) is 0 Å². The first-order chi connectivity index (χ1) is 28.5. The molecule has 2 fully saturated rings. The summed E-state index contributed by atoms with van der Waals surface area (Å²) in [5, 5.41) is 25.6. The maximum absolute atomic E-state index is 13.5. The van der Waals surface area contributed by atoms with Gasteiger partial charge in [-0.3, -0.25) is 20.2 Å². The van der Waals surface area contributed by atoms with E-state index >= 15 is 0 Å². The number of carbonyl (C=O) groups is 1. The number of piperazine rings is 2. The average Bonchev–Trinajstić information content (AvgIpc) is 3.17. The van der Waals surface area contributed by atoms with Crippen molar-refractivity contribution in [2.45, 2.75) is 63.9 Å². The SMILES string of the molecule is Cc1cc(C)cc(Oc2ccc([N+](=O)[O-])cc2S(=O)(=O)N2CCN(C(=O)OC(C)(C)C)CC2)c1.Cc1cc(C)cc(Oc2ccc([N+](=O)[O-])cc2S(=O)(=O)N2CCNCC2)c1.Cl. The molecule has 0 aliphatic carbocycles. The van der Waals surface area contributed by atoms with Gasteiger partial charge in [-0.25, -0.2) is 21.6 Å². The first kappa shape index (κ1) is 49.3. The van der Waals surface area contributed by atoms with E-state index in [1.165, 1.54) is 37.8 Å². The van der Waals surface area contributed by atoms with Crippen molar-refractivity contribution in [2.24, 2.45) is 0 Å². The van der Waals surface area contributed by atoms with Gasteiger partial charge in [-0.1, -0.05) is 12.1 Å². The third kappa shape index (κ3) is 12.6. The lowest BCUT2D eigenvalue weighted by Crippen LogP contribution is -2.51. The largest absolute Gasteiger partial charge is 0.456 e. The minimum absolute atomic E-state index is 0. The zero-order valence-corrected chi connectivity index (χ0v) is 37.9. The number of ether oxygens (including phenoxy) is 3. The molecule has 62 heavy (non-hydrogen) atoms. The predicted molar refractivity (Wildman–Crippen MR) is 234 cm³/mol. The number of halogens is 1. The summed E-state index contributed by atoms with van der Waals surface area (Å²) < 4.78 is 72.8. The fourth-order valence-corrected chi connectivity index (χ4v) is 9.76. The summed E-state index contributed by atoms with van der Waals surface area (Å²) in [5.41, 5.74) is 2.48. The van der Waals surface area contributed by atoms with Gasteiger partial charge in [-0.15, -0.1) is 12.4 Å². The number of amides is 1. The van der Waals surface area contributed by atoms with Crippen LogP contribution in [0.5, 0.6) is 23.0 Å². The van der Waals surface area contributed by atoms with Crippen LogP contribution >= 0.6 is 12.4 Å². The van der Waals surface area contributed by atoms with Gasteiger partial charge in [0.15, 0.2) is 0 Å². The van der Waals surface area contributed by atoms with Crippen LogP contribution in [0.15, 0.2) is 82.6 Å². The Hall–Kier alpha value is -5.38. The van der Waals surface area contributed by atoms with Crippen molar-refractivity contribution in [1.82, 2.24) is 18.8 Å². The van der Waals surface area contributed by atoms with Crippen LogP contribution in [0.4, 0.5) is 16.2 Å². The number of hydrogen-bond donors (Lipinski definition) is 1. The van der Waals surface area contributed by atoms with Crippen LogP contribution in [0, 0.1) is 47.9 Å². The molecule has 0 atom stereocenters. The van der Waals surface area contributed by atoms with Gasteiger partial charge in [-0.2, -0.15) is 8.61 Å². The Morgan fingerprint density at radius 2 is 0.984 bits per heavy atom. The van der Waals surface area contributed by atoms with Crippen molar-refractivity contribution in [2.75, 3.05) is 52.4 Å². The van der Waals surface area contributed by atoms with E-state index in [1.54, 1.807) is 45.0 Å². The molecular weight excluding hydrogens is 868 g/mol. The van der Waals surface area contributed by atoms with Crippen molar-refractivity contribution in [3.05, 3.63) is 115 Å². The standard InChI is InChI=1S/C23H29N3O7S.C18H21N3O5S.ClH/c1-16-12-17(2)14-19(13-16)32-20-7-6-18(26(28)29)15-21(20)34(30,31)25-10-8-24(9-11-25)22(27)33-23(3,4)5;1-13-9-14(2)11-16(10-13)26-17-4-3-15(21(22)23)12-18(17)27(24,25)20-7-5-19-6-8-20;/h6-7,12-15H,8-11H2,1-5H3;3-4,9-12,19H,5-8H2,1-2H3;1H. The molecule has 21 heteroatoms. The number of sulfonamides is 2. The minimum Gasteiger partial charge on any atom is -0.456 e. The molecule has 0 unspecified atom stereocenters. The van der Waals surface area contributed by atoms with Gasteiger partial charge < -0.3 is 24.4 Å². The number of rotatable bonds is 10. The Labute approximate surface area is 367 Å². The number of hydrogen-bond acceptors (Lipinski definition) is 13. The number of nitrogens with one attached hydrogen (secondary N) is 1. The highest BCUT2D eigenvalue weighted by atomic mass is 35.5. The molecule has 0 aromatic heterocycles. The summed E-state index contributed by atoms with van der Waals surface area (Å²) in [6.07, 6.45) is -0.515. The molecule has 6 rings (SSSR count). The van der Waals surface area contributed by atoms with E-state index in [0.717, 1.165) is 34.4 Å². The fourth-order valence-electron chi connectivity index (χ4n) is 6.63. The molecule has 18 nitrogen and oxygen atoms in total. The Morgan fingerprint density at radius 3 is 1.34 bits per heavy atom. The van der Waals surface area contributed by atoms with Crippen molar-refractivity contribution in [1.29, 1.82) is 0 Å². The van der Waals surface area contributed by atoms with Crippen LogP contribution in [-0.2, 0) is 24.8 Å². The van der Waals surface area contributed by atoms with E-state index in [1.807, 2.05) is 39.8 Å². The van der Waals surface area contributed by atoms with E-state index in [2.05, 4.69) is 5.32 Å². The average molecular weight is 919 g/mol. The Bertz CT molecular complexity index is 2480. The van der Waals surface area contributed by atoms with Crippen LogP contribution < -0.4 is 14.8 Å². The summed E-state index contributed by atoms with van der Waals surface area (Å²) in [7, 11) is -8.07. The van der Waals surface area contributed by atoms with Crippen molar-refractivity contribution < 1.29 is 45.7 Å². The van der Waals surface area contributed by atoms with Crippen LogP contribution in [0.1, 0.15) is 43.0 Å². The molecule has 4 aromatic carbocycles. The van der Waals surface area contributed by atoms with Gasteiger partial charge in [0.2, 0.25) is 20.0 Å². The Kier molecular flexibility index (Phi) is 16.1. The van der Waals surface area contributed by atoms with Crippen molar-refractivity contribution >= 4 is 49.9 Å². The van der Waals surface area contributed by atoms with E-state index in [-0.39, 0.29) is 71.3 Å². The fraction of sp³-hybridized carbons (Fsp3) is 0.390. The maximum Gasteiger partial charge on any atom is 0.410 e. The lowest BCUT2D eigenvalue weighted by molar-refractivity contribution is -0.385. The monoisotopic (exact) mass is 918 g/mol. The molecule has 0 spiro atoms. The van der Waals surface area contributed by atoms with Gasteiger partial charge >= 0.3 is 6.09 Å². The topological polar surface area (TPSA) is 221 Å². The zero-order chi connectivity index (χ0) is 44.9.